The number of likely N-dealkylation sites (tertiary alicyclic amines) is 1. The van der Waals surface area contributed by atoms with Gasteiger partial charge in [-0.15, -0.1) is 0 Å². The average molecular weight is 282 g/mol. The van der Waals surface area contributed by atoms with E-state index in [0.29, 0.717) is 18.7 Å². The van der Waals surface area contributed by atoms with Crippen molar-refractivity contribution in [1.29, 1.82) is 0 Å². The van der Waals surface area contributed by atoms with Crippen LogP contribution in [0.2, 0.25) is 0 Å². The van der Waals surface area contributed by atoms with E-state index in [0.717, 1.165) is 32.4 Å². The van der Waals surface area contributed by atoms with Crippen molar-refractivity contribution in [2.24, 2.45) is 5.92 Å². The molecule has 3 atom stereocenters. The first kappa shape index (κ1) is 15.8. The van der Waals surface area contributed by atoms with E-state index in [1.807, 2.05) is 6.92 Å². The lowest BCUT2D eigenvalue weighted by molar-refractivity contribution is -0.149. The Labute approximate surface area is 123 Å². The molecule has 1 saturated heterocycles. The maximum atomic E-state index is 11.8. The van der Waals surface area contributed by atoms with E-state index in [4.69, 9.17) is 4.74 Å². The number of rotatable bonds is 6. The summed E-state index contributed by atoms with van der Waals surface area (Å²) in [4.78, 5) is 14.4. The zero-order valence-electron chi connectivity index (χ0n) is 13.1. The summed E-state index contributed by atoms with van der Waals surface area (Å²) in [6, 6.07) is 1.19. The second kappa shape index (κ2) is 7.99. The fourth-order valence-electron chi connectivity index (χ4n) is 3.69. The smallest absolute Gasteiger partial charge is 0.308 e. The minimum Gasteiger partial charge on any atom is -0.466 e. The van der Waals surface area contributed by atoms with Crippen molar-refractivity contribution in [3.05, 3.63) is 0 Å². The van der Waals surface area contributed by atoms with Crippen LogP contribution in [0.3, 0.4) is 0 Å². The molecule has 0 aromatic rings. The Morgan fingerprint density at radius 1 is 1.25 bits per heavy atom. The first-order valence-electron chi connectivity index (χ1n) is 8.38. The van der Waals surface area contributed by atoms with Crippen LogP contribution in [0.25, 0.3) is 0 Å². The molecule has 0 bridgehead atoms. The zero-order chi connectivity index (χ0) is 14.4. The Morgan fingerprint density at radius 2 is 2.10 bits per heavy atom. The van der Waals surface area contributed by atoms with E-state index >= 15 is 0 Å². The van der Waals surface area contributed by atoms with Gasteiger partial charge in [-0.05, 0) is 52.1 Å². The van der Waals surface area contributed by atoms with Crippen LogP contribution in [-0.2, 0) is 9.53 Å². The molecule has 116 valence electrons. The van der Waals surface area contributed by atoms with Gasteiger partial charge in [-0.2, -0.15) is 0 Å². The van der Waals surface area contributed by atoms with Crippen molar-refractivity contribution in [2.45, 2.75) is 64.5 Å². The molecular weight excluding hydrogens is 252 g/mol. The summed E-state index contributed by atoms with van der Waals surface area (Å²) >= 11 is 0. The van der Waals surface area contributed by atoms with Gasteiger partial charge in [-0.3, -0.25) is 9.69 Å². The molecule has 0 radical (unpaired) electrons. The van der Waals surface area contributed by atoms with Crippen LogP contribution in [0.1, 0.15) is 52.4 Å². The number of likely N-dealkylation sites (N-methyl/N-ethyl adjacent to an activating group) is 1. The summed E-state index contributed by atoms with van der Waals surface area (Å²) in [5.74, 6) is 0.127. The van der Waals surface area contributed by atoms with Crippen molar-refractivity contribution >= 4 is 5.97 Å². The Morgan fingerprint density at radius 3 is 2.85 bits per heavy atom. The molecule has 1 aliphatic carbocycles. The summed E-state index contributed by atoms with van der Waals surface area (Å²) in [5, 5.41) is 3.71. The molecule has 0 amide bonds. The van der Waals surface area contributed by atoms with Crippen molar-refractivity contribution < 1.29 is 9.53 Å². The fourth-order valence-corrected chi connectivity index (χ4v) is 3.69. The molecule has 1 heterocycles. The standard InChI is InChI=1S/C16H30N2O2/c1-3-18-10-6-9-15(18)12-17-14-8-5-7-13(11-14)16(19)20-4-2/h13-15,17H,3-12H2,1-2H3. The second-order valence-electron chi connectivity index (χ2n) is 6.15. The van der Waals surface area contributed by atoms with Crippen LogP contribution in [0.5, 0.6) is 0 Å². The van der Waals surface area contributed by atoms with Crippen molar-refractivity contribution in [3.8, 4) is 0 Å². The maximum absolute atomic E-state index is 11.8. The second-order valence-corrected chi connectivity index (χ2v) is 6.15. The van der Waals surface area contributed by atoms with Crippen LogP contribution in [-0.4, -0.2) is 49.2 Å². The van der Waals surface area contributed by atoms with Gasteiger partial charge in [0, 0.05) is 18.6 Å². The highest BCUT2D eigenvalue weighted by atomic mass is 16.5. The van der Waals surface area contributed by atoms with Gasteiger partial charge >= 0.3 is 5.97 Å². The first-order chi connectivity index (χ1) is 9.74. The molecule has 3 unspecified atom stereocenters. The SMILES string of the molecule is CCOC(=O)C1CCCC(NCC2CCCN2CC)C1. The molecule has 1 saturated carbocycles. The lowest BCUT2D eigenvalue weighted by atomic mass is 9.85. The van der Waals surface area contributed by atoms with Gasteiger partial charge in [0.15, 0.2) is 0 Å². The molecule has 2 rings (SSSR count). The Balaban J connectivity index is 1.74. The van der Waals surface area contributed by atoms with E-state index in [-0.39, 0.29) is 11.9 Å². The van der Waals surface area contributed by atoms with Crippen LogP contribution in [0.4, 0.5) is 0 Å². The maximum Gasteiger partial charge on any atom is 0.308 e. The minimum absolute atomic E-state index is 0.00931. The lowest BCUT2D eigenvalue weighted by Gasteiger charge is -2.31. The number of carbonyl (C=O) groups is 1. The Bertz CT molecular complexity index is 309. The monoisotopic (exact) mass is 282 g/mol. The number of carbonyl (C=O) groups excluding carboxylic acids is 1. The van der Waals surface area contributed by atoms with Gasteiger partial charge in [0.2, 0.25) is 0 Å². The van der Waals surface area contributed by atoms with Crippen LogP contribution in [0, 0.1) is 5.92 Å². The lowest BCUT2D eigenvalue weighted by Crippen LogP contribution is -2.44. The van der Waals surface area contributed by atoms with Gasteiger partial charge in [-0.25, -0.2) is 0 Å². The highest BCUT2D eigenvalue weighted by molar-refractivity contribution is 5.72. The van der Waals surface area contributed by atoms with Gasteiger partial charge < -0.3 is 10.1 Å². The number of nitrogens with zero attached hydrogens (tertiary/aromatic N) is 1. The molecule has 0 aromatic carbocycles. The summed E-state index contributed by atoms with van der Waals surface area (Å²) in [6.07, 6.45) is 6.95. The number of esters is 1. The zero-order valence-corrected chi connectivity index (χ0v) is 13.1. The number of ether oxygens (including phenoxy) is 1. The predicted octanol–water partition coefficient (Wildman–Crippen LogP) is 2.18. The Kier molecular flexibility index (Phi) is 6.30. The minimum atomic E-state index is 0.00931. The van der Waals surface area contributed by atoms with Crippen molar-refractivity contribution in [2.75, 3.05) is 26.2 Å². The summed E-state index contributed by atoms with van der Waals surface area (Å²) in [6.45, 7) is 8.11. The van der Waals surface area contributed by atoms with E-state index in [1.165, 1.54) is 25.8 Å². The van der Waals surface area contributed by atoms with E-state index < -0.39 is 0 Å². The van der Waals surface area contributed by atoms with E-state index in [1.54, 1.807) is 0 Å². The average Bonchev–Trinajstić information content (AvgIpc) is 2.93. The fraction of sp³-hybridized carbons (Fsp3) is 0.938. The highest BCUT2D eigenvalue weighted by Gasteiger charge is 2.29. The first-order valence-corrected chi connectivity index (χ1v) is 8.38. The van der Waals surface area contributed by atoms with E-state index in [9.17, 15) is 4.79 Å². The summed E-state index contributed by atoms with van der Waals surface area (Å²) in [5.41, 5.74) is 0. The number of nitrogens with one attached hydrogen (secondary N) is 1. The molecule has 2 aliphatic rings. The van der Waals surface area contributed by atoms with Gasteiger partial charge in [-0.1, -0.05) is 13.3 Å². The molecule has 0 aromatic heterocycles. The largest absolute Gasteiger partial charge is 0.466 e. The molecule has 0 spiro atoms. The molecule has 1 N–H and O–H groups in total. The third-order valence-corrected chi connectivity index (χ3v) is 4.84. The molecule has 4 heteroatoms. The van der Waals surface area contributed by atoms with Crippen molar-refractivity contribution in [1.82, 2.24) is 10.2 Å². The molecular formula is C16H30N2O2. The normalized spacial score (nSPS) is 31.4. The molecule has 4 nitrogen and oxygen atoms in total. The van der Waals surface area contributed by atoms with Crippen LogP contribution < -0.4 is 5.32 Å². The predicted molar refractivity (Wildman–Crippen MR) is 80.7 cm³/mol. The summed E-state index contributed by atoms with van der Waals surface area (Å²) < 4.78 is 5.17. The summed E-state index contributed by atoms with van der Waals surface area (Å²) in [7, 11) is 0. The third-order valence-electron chi connectivity index (χ3n) is 4.84. The van der Waals surface area contributed by atoms with E-state index in [2.05, 4.69) is 17.1 Å². The Hall–Kier alpha value is -0.610. The van der Waals surface area contributed by atoms with Gasteiger partial charge in [0.1, 0.15) is 0 Å². The highest BCUT2D eigenvalue weighted by Crippen LogP contribution is 2.26. The number of hydrogen-bond donors (Lipinski definition) is 1. The third kappa shape index (κ3) is 4.19. The quantitative estimate of drug-likeness (QED) is 0.758. The van der Waals surface area contributed by atoms with Crippen molar-refractivity contribution in [3.63, 3.8) is 0 Å². The van der Waals surface area contributed by atoms with Gasteiger partial charge in [0.25, 0.3) is 0 Å². The van der Waals surface area contributed by atoms with Crippen LogP contribution in [0.15, 0.2) is 0 Å². The van der Waals surface area contributed by atoms with Gasteiger partial charge in [0.05, 0.1) is 12.5 Å². The number of hydrogen-bond acceptors (Lipinski definition) is 4. The topological polar surface area (TPSA) is 41.6 Å². The molecule has 1 aliphatic heterocycles. The van der Waals surface area contributed by atoms with Crippen LogP contribution >= 0.6 is 0 Å². The molecule has 20 heavy (non-hydrogen) atoms. The molecule has 2 fully saturated rings.